The Hall–Kier alpha value is -0.996. The summed E-state index contributed by atoms with van der Waals surface area (Å²) in [7, 11) is -2.99. The molecule has 0 amide bonds. The molecule has 0 atom stereocenters. The molecule has 0 aliphatic rings. The van der Waals surface area contributed by atoms with E-state index in [1.165, 1.54) is 37.1 Å². The monoisotopic (exact) mass is 335 g/mol. The third-order valence-electron chi connectivity index (χ3n) is 3.86. The van der Waals surface area contributed by atoms with Crippen molar-refractivity contribution in [1.82, 2.24) is 4.98 Å². The van der Waals surface area contributed by atoms with Crippen LogP contribution in [0.5, 0.6) is 0 Å². The van der Waals surface area contributed by atoms with Gasteiger partial charge in [0.1, 0.15) is 28.2 Å². The van der Waals surface area contributed by atoms with Crippen LogP contribution < -0.4 is 4.23 Å². The topological polar surface area (TPSA) is 42.8 Å². The number of H-pyrrole nitrogens is 1. The SMILES string of the molecule is CCCCCCc1cc(C#N)[nH]c1N([Si](C)(C)C)[Si](C)(C)C. The van der Waals surface area contributed by atoms with Crippen LogP contribution >= 0.6 is 0 Å². The summed E-state index contributed by atoms with van der Waals surface area (Å²) < 4.78 is 2.69. The lowest BCUT2D eigenvalue weighted by Gasteiger charge is -2.45. The lowest BCUT2D eigenvalue weighted by molar-refractivity contribution is 0.667. The first-order valence-corrected chi connectivity index (χ1v) is 15.4. The maximum atomic E-state index is 9.30. The Morgan fingerprint density at radius 3 is 2.09 bits per heavy atom. The summed E-state index contributed by atoms with van der Waals surface area (Å²) in [6.45, 7) is 16.7. The normalized spacial score (nSPS) is 12.3. The number of hydrogen-bond acceptors (Lipinski definition) is 2. The molecule has 0 aliphatic heterocycles. The summed E-state index contributed by atoms with van der Waals surface area (Å²) in [5, 5.41) is 9.30. The molecule has 1 N–H and O–H groups in total. The van der Waals surface area contributed by atoms with E-state index < -0.39 is 16.5 Å². The number of rotatable bonds is 8. The standard InChI is InChI=1S/C17H33N3Si2/c1-8-9-10-11-12-15-13-16(14-18)19-17(15)20(21(2,3)4)22(5,6)7/h13,19H,8-12H2,1-7H3. The van der Waals surface area contributed by atoms with Crippen LogP contribution in [0.15, 0.2) is 6.07 Å². The lowest BCUT2D eigenvalue weighted by Crippen LogP contribution is -2.60. The Kier molecular flexibility index (Phi) is 6.51. The van der Waals surface area contributed by atoms with Gasteiger partial charge in [-0.25, -0.2) is 0 Å². The number of nitrogens with one attached hydrogen (secondary N) is 1. The molecule has 0 aliphatic carbocycles. The van der Waals surface area contributed by atoms with Crippen LogP contribution in [0.2, 0.25) is 39.3 Å². The molecule has 1 heterocycles. The summed E-state index contributed by atoms with van der Waals surface area (Å²) in [6.07, 6.45) is 6.15. The Bertz CT molecular complexity index is 501. The Balaban J connectivity index is 3.14. The molecule has 124 valence electrons. The molecule has 0 saturated carbocycles. The summed E-state index contributed by atoms with van der Waals surface area (Å²) >= 11 is 0. The summed E-state index contributed by atoms with van der Waals surface area (Å²) in [5.74, 6) is 1.24. The molecule has 22 heavy (non-hydrogen) atoms. The van der Waals surface area contributed by atoms with Crippen molar-refractivity contribution in [2.24, 2.45) is 0 Å². The maximum absolute atomic E-state index is 9.30. The highest BCUT2D eigenvalue weighted by atomic mass is 28.4. The molecule has 0 spiro atoms. The molecular weight excluding hydrogens is 302 g/mol. The second-order valence-electron chi connectivity index (χ2n) is 8.16. The zero-order chi connectivity index (χ0) is 17.0. The number of nitriles is 1. The Morgan fingerprint density at radius 2 is 1.64 bits per heavy atom. The smallest absolute Gasteiger partial charge is 0.139 e. The molecule has 0 bridgehead atoms. The van der Waals surface area contributed by atoms with E-state index in [2.05, 4.69) is 67.6 Å². The predicted octanol–water partition coefficient (Wildman–Crippen LogP) is 5.49. The first-order valence-electron chi connectivity index (χ1n) is 8.53. The van der Waals surface area contributed by atoms with Gasteiger partial charge in [-0.2, -0.15) is 5.26 Å². The molecule has 3 nitrogen and oxygen atoms in total. The molecule has 0 aromatic carbocycles. The molecule has 1 rings (SSSR count). The molecule has 1 aromatic rings. The van der Waals surface area contributed by atoms with Gasteiger partial charge in [-0.1, -0.05) is 65.5 Å². The van der Waals surface area contributed by atoms with E-state index in [-0.39, 0.29) is 0 Å². The van der Waals surface area contributed by atoms with Crippen LogP contribution in [0.25, 0.3) is 0 Å². The molecule has 0 radical (unpaired) electrons. The molecular formula is C17H33N3Si2. The minimum absolute atomic E-state index is 0.710. The first kappa shape index (κ1) is 19.1. The number of unbranched alkanes of at least 4 members (excludes halogenated alkanes) is 3. The van der Waals surface area contributed by atoms with Crippen LogP contribution in [0.4, 0.5) is 5.82 Å². The third-order valence-corrected chi connectivity index (χ3v) is 11.0. The van der Waals surface area contributed by atoms with Gasteiger partial charge in [0.15, 0.2) is 0 Å². The van der Waals surface area contributed by atoms with Gasteiger partial charge in [-0.15, -0.1) is 0 Å². The molecule has 0 unspecified atom stereocenters. The quantitative estimate of drug-likeness (QED) is 0.504. The lowest BCUT2D eigenvalue weighted by atomic mass is 10.1. The van der Waals surface area contributed by atoms with Gasteiger partial charge >= 0.3 is 0 Å². The number of hydrogen-bond donors (Lipinski definition) is 1. The van der Waals surface area contributed by atoms with Crippen LogP contribution in [-0.2, 0) is 6.42 Å². The van der Waals surface area contributed by atoms with E-state index in [0.717, 1.165) is 6.42 Å². The second-order valence-corrected chi connectivity index (χ2v) is 18.2. The van der Waals surface area contributed by atoms with Crippen molar-refractivity contribution in [3.63, 3.8) is 0 Å². The number of aryl methyl sites for hydroxylation is 1. The fourth-order valence-corrected chi connectivity index (χ4v) is 13.1. The fraction of sp³-hybridized carbons (Fsp3) is 0.706. The van der Waals surface area contributed by atoms with E-state index in [1.54, 1.807) is 0 Å². The van der Waals surface area contributed by atoms with Crippen LogP contribution in [-0.4, -0.2) is 21.5 Å². The predicted molar refractivity (Wildman–Crippen MR) is 103 cm³/mol. The van der Waals surface area contributed by atoms with E-state index in [0.29, 0.717) is 5.69 Å². The van der Waals surface area contributed by atoms with Gasteiger partial charge in [0.25, 0.3) is 0 Å². The van der Waals surface area contributed by atoms with Crippen LogP contribution in [0.1, 0.15) is 43.9 Å². The highest BCUT2D eigenvalue weighted by Gasteiger charge is 2.36. The van der Waals surface area contributed by atoms with Gasteiger partial charge in [0, 0.05) is 0 Å². The summed E-state index contributed by atoms with van der Waals surface area (Å²) in [6, 6.07) is 4.37. The zero-order valence-electron chi connectivity index (χ0n) is 15.5. The van der Waals surface area contributed by atoms with E-state index in [4.69, 9.17) is 0 Å². The molecule has 5 heteroatoms. The van der Waals surface area contributed by atoms with Gasteiger partial charge in [0.05, 0.1) is 5.82 Å². The average Bonchev–Trinajstić information content (AvgIpc) is 2.74. The number of aromatic amines is 1. The first-order chi connectivity index (χ1) is 10.1. The van der Waals surface area contributed by atoms with E-state index in [1.807, 2.05) is 0 Å². The molecule has 1 aromatic heterocycles. The Labute approximate surface area is 138 Å². The minimum Gasteiger partial charge on any atom is -0.411 e. The second kappa shape index (κ2) is 7.52. The van der Waals surface area contributed by atoms with Crippen molar-refractivity contribution in [2.75, 3.05) is 4.23 Å². The highest BCUT2D eigenvalue weighted by Crippen LogP contribution is 2.32. The Morgan fingerprint density at radius 1 is 1.05 bits per heavy atom. The van der Waals surface area contributed by atoms with Crippen molar-refractivity contribution >= 4 is 22.3 Å². The largest absolute Gasteiger partial charge is 0.411 e. The van der Waals surface area contributed by atoms with Gasteiger partial charge < -0.3 is 9.22 Å². The molecule has 0 fully saturated rings. The van der Waals surface area contributed by atoms with E-state index >= 15 is 0 Å². The van der Waals surface area contributed by atoms with Gasteiger partial charge in [0.2, 0.25) is 0 Å². The molecule has 0 saturated heterocycles. The number of anilines is 1. The van der Waals surface area contributed by atoms with Crippen molar-refractivity contribution in [3.05, 3.63) is 17.3 Å². The summed E-state index contributed by atoms with van der Waals surface area (Å²) in [4.78, 5) is 3.42. The average molecular weight is 336 g/mol. The van der Waals surface area contributed by atoms with Gasteiger partial charge in [-0.05, 0) is 24.5 Å². The summed E-state index contributed by atoms with van der Waals surface area (Å²) in [5.41, 5.74) is 2.06. The van der Waals surface area contributed by atoms with Crippen molar-refractivity contribution in [3.8, 4) is 6.07 Å². The maximum Gasteiger partial charge on any atom is 0.139 e. The van der Waals surface area contributed by atoms with E-state index in [9.17, 15) is 5.26 Å². The van der Waals surface area contributed by atoms with Crippen LogP contribution in [0, 0.1) is 11.3 Å². The zero-order valence-corrected chi connectivity index (χ0v) is 17.5. The van der Waals surface area contributed by atoms with Crippen LogP contribution in [0.3, 0.4) is 0 Å². The minimum atomic E-state index is -1.49. The van der Waals surface area contributed by atoms with Gasteiger partial charge in [-0.3, -0.25) is 0 Å². The number of aromatic nitrogens is 1. The van der Waals surface area contributed by atoms with Crippen molar-refractivity contribution in [2.45, 2.75) is 78.3 Å². The fourth-order valence-electron chi connectivity index (χ4n) is 3.36. The number of nitrogens with zero attached hydrogens (tertiary/aromatic N) is 2. The highest BCUT2D eigenvalue weighted by molar-refractivity contribution is 6.99. The third kappa shape index (κ3) is 5.03. The van der Waals surface area contributed by atoms with Crippen molar-refractivity contribution in [1.29, 1.82) is 5.26 Å². The van der Waals surface area contributed by atoms with Crippen molar-refractivity contribution < 1.29 is 0 Å².